The first kappa shape index (κ1) is 16.9. The molecule has 2 unspecified atom stereocenters. The van der Waals surface area contributed by atoms with Crippen LogP contribution in [0.4, 0.5) is 0 Å². The maximum atomic E-state index is 5.66. The van der Waals surface area contributed by atoms with Crippen molar-refractivity contribution in [3.8, 4) is 0 Å². The standard InChI is InChI=1S/C15H33NO/c1-5-7-8-10-15(4)16-11-12-17-13-14(3)9-6-2/h14-16H,5-13H2,1-4H3. The van der Waals surface area contributed by atoms with Crippen molar-refractivity contribution in [3.63, 3.8) is 0 Å². The Hall–Kier alpha value is -0.0800. The van der Waals surface area contributed by atoms with Gasteiger partial charge in [-0.3, -0.25) is 0 Å². The van der Waals surface area contributed by atoms with Gasteiger partial charge in [0.2, 0.25) is 0 Å². The van der Waals surface area contributed by atoms with Crippen LogP contribution < -0.4 is 5.32 Å². The minimum absolute atomic E-state index is 0.637. The predicted octanol–water partition coefficient (Wildman–Crippen LogP) is 4.00. The number of hydrogen-bond acceptors (Lipinski definition) is 2. The molecule has 0 bridgehead atoms. The van der Waals surface area contributed by atoms with E-state index in [0.29, 0.717) is 12.0 Å². The van der Waals surface area contributed by atoms with Gasteiger partial charge in [-0.05, 0) is 25.7 Å². The molecule has 2 nitrogen and oxygen atoms in total. The second-order valence-electron chi connectivity index (χ2n) is 5.32. The Kier molecular flexibility index (Phi) is 12.3. The second kappa shape index (κ2) is 12.4. The first-order chi connectivity index (χ1) is 8.20. The molecule has 0 heterocycles. The summed E-state index contributed by atoms with van der Waals surface area (Å²) in [5.41, 5.74) is 0. The lowest BCUT2D eigenvalue weighted by Gasteiger charge is -2.15. The minimum atomic E-state index is 0.637. The molecule has 0 aromatic rings. The van der Waals surface area contributed by atoms with E-state index >= 15 is 0 Å². The van der Waals surface area contributed by atoms with Gasteiger partial charge in [-0.2, -0.15) is 0 Å². The lowest BCUT2D eigenvalue weighted by atomic mass is 10.1. The molecule has 0 saturated heterocycles. The van der Waals surface area contributed by atoms with Crippen molar-refractivity contribution in [1.29, 1.82) is 0 Å². The lowest BCUT2D eigenvalue weighted by molar-refractivity contribution is 0.102. The van der Waals surface area contributed by atoms with E-state index in [4.69, 9.17) is 4.74 Å². The number of hydrogen-bond donors (Lipinski definition) is 1. The fourth-order valence-corrected chi connectivity index (χ4v) is 2.04. The Morgan fingerprint density at radius 1 is 1.00 bits per heavy atom. The van der Waals surface area contributed by atoms with E-state index in [0.717, 1.165) is 19.8 Å². The Bertz CT molecular complexity index is 150. The summed E-state index contributed by atoms with van der Waals surface area (Å²) in [5, 5.41) is 3.52. The highest BCUT2D eigenvalue weighted by atomic mass is 16.5. The largest absolute Gasteiger partial charge is 0.380 e. The zero-order valence-electron chi connectivity index (χ0n) is 12.4. The Morgan fingerprint density at radius 2 is 1.76 bits per heavy atom. The highest BCUT2D eigenvalue weighted by molar-refractivity contribution is 4.60. The lowest BCUT2D eigenvalue weighted by Crippen LogP contribution is -2.29. The fourth-order valence-electron chi connectivity index (χ4n) is 2.04. The molecular formula is C15H33NO. The van der Waals surface area contributed by atoms with Crippen LogP contribution in [0.15, 0.2) is 0 Å². The van der Waals surface area contributed by atoms with Gasteiger partial charge in [0.05, 0.1) is 6.61 Å². The molecule has 0 aliphatic rings. The third kappa shape index (κ3) is 12.2. The molecule has 0 spiro atoms. The Balaban J connectivity index is 3.21. The molecule has 104 valence electrons. The van der Waals surface area contributed by atoms with Crippen molar-refractivity contribution in [2.24, 2.45) is 5.92 Å². The van der Waals surface area contributed by atoms with Crippen LogP contribution in [0.25, 0.3) is 0 Å². The van der Waals surface area contributed by atoms with E-state index in [1.54, 1.807) is 0 Å². The van der Waals surface area contributed by atoms with E-state index in [2.05, 4.69) is 33.0 Å². The summed E-state index contributed by atoms with van der Waals surface area (Å²) in [4.78, 5) is 0. The molecule has 0 aliphatic heterocycles. The van der Waals surface area contributed by atoms with Crippen LogP contribution in [0.5, 0.6) is 0 Å². The van der Waals surface area contributed by atoms with Crippen LogP contribution in [-0.2, 0) is 4.74 Å². The summed E-state index contributed by atoms with van der Waals surface area (Å²) < 4.78 is 5.66. The predicted molar refractivity (Wildman–Crippen MR) is 76.5 cm³/mol. The normalized spacial score (nSPS) is 14.8. The van der Waals surface area contributed by atoms with Gasteiger partial charge in [0, 0.05) is 19.2 Å². The monoisotopic (exact) mass is 243 g/mol. The maximum absolute atomic E-state index is 5.66. The smallest absolute Gasteiger partial charge is 0.0591 e. The zero-order chi connectivity index (χ0) is 12.9. The molecule has 17 heavy (non-hydrogen) atoms. The molecule has 0 aromatic heterocycles. The molecule has 0 aliphatic carbocycles. The average Bonchev–Trinajstić information content (AvgIpc) is 2.29. The molecular weight excluding hydrogens is 210 g/mol. The minimum Gasteiger partial charge on any atom is -0.380 e. The average molecular weight is 243 g/mol. The fraction of sp³-hybridized carbons (Fsp3) is 1.00. The summed E-state index contributed by atoms with van der Waals surface area (Å²) in [6, 6.07) is 0.637. The zero-order valence-corrected chi connectivity index (χ0v) is 12.4. The van der Waals surface area contributed by atoms with E-state index < -0.39 is 0 Å². The van der Waals surface area contributed by atoms with Crippen molar-refractivity contribution >= 4 is 0 Å². The number of rotatable bonds is 12. The molecule has 0 rings (SSSR count). The van der Waals surface area contributed by atoms with Crippen LogP contribution in [-0.4, -0.2) is 25.8 Å². The van der Waals surface area contributed by atoms with E-state index in [9.17, 15) is 0 Å². The van der Waals surface area contributed by atoms with Crippen molar-refractivity contribution in [2.45, 2.75) is 72.3 Å². The van der Waals surface area contributed by atoms with E-state index in [1.165, 1.54) is 38.5 Å². The summed E-state index contributed by atoms with van der Waals surface area (Å²) in [6.45, 7) is 11.8. The van der Waals surface area contributed by atoms with Crippen LogP contribution in [0.2, 0.25) is 0 Å². The first-order valence-electron chi connectivity index (χ1n) is 7.51. The molecule has 0 fully saturated rings. The summed E-state index contributed by atoms with van der Waals surface area (Å²) in [7, 11) is 0. The van der Waals surface area contributed by atoms with Crippen LogP contribution >= 0.6 is 0 Å². The van der Waals surface area contributed by atoms with E-state index in [-0.39, 0.29) is 0 Å². The molecule has 2 atom stereocenters. The molecule has 2 heteroatoms. The topological polar surface area (TPSA) is 21.3 Å². The van der Waals surface area contributed by atoms with Gasteiger partial charge in [0.25, 0.3) is 0 Å². The van der Waals surface area contributed by atoms with Gasteiger partial charge in [0.1, 0.15) is 0 Å². The third-order valence-electron chi connectivity index (χ3n) is 3.16. The quantitative estimate of drug-likeness (QED) is 0.523. The summed E-state index contributed by atoms with van der Waals surface area (Å²) >= 11 is 0. The van der Waals surface area contributed by atoms with Gasteiger partial charge in [-0.15, -0.1) is 0 Å². The number of unbranched alkanes of at least 4 members (excludes halogenated alkanes) is 2. The van der Waals surface area contributed by atoms with Gasteiger partial charge in [-0.1, -0.05) is 46.5 Å². The van der Waals surface area contributed by atoms with Crippen LogP contribution in [0.3, 0.4) is 0 Å². The van der Waals surface area contributed by atoms with Crippen LogP contribution in [0, 0.1) is 5.92 Å². The van der Waals surface area contributed by atoms with Gasteiger partial charge in [0.15, 0.2) is 0 Å². The van der Waals surface area contributed by atoms with Crippen molar-refractivity contribution in [1.82, 2.24) is 5.32 Å². The van der Waals surface area contributed by atoms with Gasteiger partial charge in [-0.25, -0.2) is 0 Å². The number of nitrogens with one attached hydrogen (secondary N) is 1. The summed E-state index contributed by atoms with van der Waals surface area (Å²) in [5.74, 6) is 0.710. The Morgan fingerprint density at radius 3 is 2.41 bits per heavy atom. The van der Waals surface area contributed by atoms with Crippen molar-refractivity contribution in [2.75, 3.05) is 19.8 Å². The highest BCUT2D eigenvalue weighted by Gasteiger charge is 2.02. The van der Waals surface area contributed by atoms with Crippen LogP contribution in [0.1, 0.15) is 66.2 Å². The highest BCUT2D eigenvalue weighted by Crippen LogP contribution is 2.05. The summed E-state index contributed by atoms with van der Waals surface area (Å²) in [6.07, 6.45) is 7.85. The number of ether oxygens (including phenoxy) is 1. The van der Waals surface area contributed by atoms with Gasteiger partial charge >= 0.3 is 0 Å². The Labute approximate surface area is 109 Å². The molecule has 0 amide bonds. The molecule has 0 radical (unpaired) electrons. The maximum Gasteiger partial charge on any atom is 0.0591 e. The second-order valence-corrected chi connectivity index (χ2v) is 5.32. The third-order valence-corrected chi connectivity index (χ3v) is 3.16. The van der Waals surface area contributed by atoms with Crippen molar-refractivity contribution < 1.29 is 4.74 Å². The molecule has 1 N–H and O–H groups in total. The van der Waals surface area contributed by atoms with Gasteiger partial charge < -0.3 is 10.1 Å². The molecule has 0 aromatic carbocycles. The first-order valence-corrected chi connectivity index (χ1v) is 7.51. The molecule has 0 saturated carbocycles. The van der Waals surface area contributed by atoms with E-state index in [1.807, 2.05) is 0 Å². The SMILES string of the molecule is CCCCCC(C)NCCOCC(C)CCC. The van der Waals surface area contributed by atoms with Crippen molar-refractivity contribution in [3.05, 3.63) is 0 Å².